The molecule has 0 aromatic heterocycles. The van der Waals surface area contributed by atoms with Gasteiger partial charge in [0, 0.05) is 22.9 Å². The Morgan fingerprint density at radius 2 is 1.46 bits per heavy atom. The minimum absolute atomic E-state index is 0.00322. The molecular formula is C22H19Cl2NO3. The van der Waals surface area contributed by atoms with Gasteiger partial charge in [0.15, 0.2) is 0 Å². The van der Waals surface area contributed by atoms with Crippen molar-refractivity contribution in [2.24, 2.45) is 0 Å². The summed E-state index contributed by atoms with van der Waals surface area (Å²) in [7, 11) is 0. The van der Waals surface area contributed by atoms with Crippen molar-refractivity contribution in [1.29, 1.82) is 0 Å². The van der Waals surface area contributed by atoms with E-state index in [2.05, 4.69) is 4.85 Å². The summed E-state index contributed by atoms with van der Waals surface area (Å²) in [4.78, 5) is 29.7. The number of ketones is 1. The molecule has 2 aromatic carbocycles. The first kappa shape index (κ1) is 20.4. The lowest BCUT2D eigenvalue weighted by Gasteiger charge is -2.38. The average molecular weight is 416 g/mol. The van der Waals surface area contributed by atoms with Crippen LogP contribution in [0, 0.1) is 6.57 Å². The second kappa shape index (κ2) is 8.34. The van der Waals surface area contributed by atoms with Crippen LogP contribution in [-0.4, -0.2) is 23.9 Å². The molecule has 0 bridgehead atoms. The van der Waals surface area contributed by atoms with Crippen molar-refractivity contribution in [3.63, 3.8) is 0 Å². The topological polar surface area (TPSA) is 47.7 Å². The number of halogens is 2. The van der Waals surface area contributed by atoms with E-state index in [0.717, 1.165) is 11.1 Å². The van der Waals surface area contributed by atoms with E-state index in [1.165, 1.54) is 0 Å². The lowest BCUT2D eigenvalue weighted by molar-refractivity contribution is -0.151. The summed E-state index contributed by atoms with van der Waals surface area (Å²) in [5, 5.41) is 1.09. The normalized spacial score (nSPS) is 24.4. The number of Topliss-reactive ketones (excluding diaryl/α,β-unsaturated/α-hetero) is 1. The third-order valence-electron chi connectivity index (χ3n) is 5.26. The van der Waals surface area contributed by atoms with Crippen molar-refractivity contribution < 1.29 is 14.3 Å². The lowest BCUT2D eigenvalue weighted by Crippen LogP contribution is -2.52. The highest BCUT2D eigenvalue weighted by molar-refractivity contribution is 6.30. The summed E-state index contributed by atoms with van der Waals surface area (Å²) in [6, 6.07) is 13.9. The number of ether oxygens (including phenoxy) is 1. The number of nitrogens with zero attached hydrogens (tertiary/aromatic N) is 1. The highest BCUT2D eigenvalue weighted by Crippen LogP contribution is 2.51. The molecule has 0 N–H and O–H groups in total. The maximum atomic E-state index is 13.2. The molecule has 0 aliphatic heterocycles. The number of esters is 1. The van der Waals surface area contributed by atoms with Gasteiger partial charge < -0.3 is 4.74 Å². The van der Waals surface area contributed by atoms with Crippen molar-refractivity contribution in [1.82, 2.24) is 0 Å². The van der Waals surface area contributed by atoms with E-state index >= 15 is 0 Å². The largest absolute Gasteiger partial charge is 0.460 e. The van der Waals surface area contributed by atoms with Crippen LogP contribution in [0.3, 0.4) is 0 Å². The Labute approximate surface area is 174 Å². The zero-order valence-corrected chi connectivity index (χ0v) is 16.8. The molecule has 28 heavy (non-hydrogen) atoms. The van der Waals surface area contributed by atoms with Gasteiger partial charge in [-0.1, -0.05) is 47.5 Å². The Hall–Kier alpha value is -2.35. The first-order valence-electron chi connectivity index (χ1n) is 9.00. The van der Waals surface area contributed by atoms with Crippen molar-refractivity contribution in [3.8, 4) is 0 Å². The number of hydrogen-bond acceptors (Lipinski definition) is 3. The summed E-state index contributed by atoms with van der Waals surface area (Å²) >= 11 is 12.0. The van der Waals surface area contributed by atoms with E-state index < -0.39 is 23.3 Å². The van der Waals surface area contributed by atoms with Gasteiger partial charge in [0.2, 0.25) is 0 Å². The molecule has 3 rings (SSSR count). The molecule has 1 aliphatic rings. The number of benzene rings is 2. The Kier molecular flexibility index (Phi) is 6.07. The first-order chi connectivity index (χ1) is 13.4. The smallest absolute Gasteiger partial charge is 0.394 e. The van der Waals surface area contributed by atoms with Crippen molar-refractivity contribution in [3.05, 3.63) is 81.1 Å². The van der Waals surface area contributed by atoms with E-state index in [-0.39, 0.29) is 25.2 Å². The monoisotopic (exact) mass is 415 g/mol. The SMILES string of the molecule is [C-]#[N+]C1(C(=O)OCC)C(c2ccc(Cl)cc2)CC(=O)CC1c1ccc(Cl)cc1. The first-order valence-corrected chi connectivity index (χ1v) is 9.76. The molecule has 6 heteroatoms. The fourth-order valence-electron chi connectivity index (χ4n) is 3.96. The predicted molar refractivity (Wildman–Crippen MR) is 109 cm³/mol. The summed E-state index contributed by atoms with van der Waals surface area (Å²) in [5.41, 5.74) is -0.0908. The standard InChI is InChI=1S/C22H19Cl2NO3/c1-3-28-21(27)22(25-2)19(14-4-8-16(23)9-5-14)12-18(26)13-20(22)15-6-10-17(24)11-7-15/h4-11,19-20H,3,12-13H2,1H3. The van der Waals surface area contributed by atoms with Gasteiger partial charge in [-0.3, -0.25) is 9.64 Å². The summed E-state index contributed by atoms with van der Waals surface area (Å²) in [5.74, 6) is -1.84. The Balaban J connectivity index is 2.20. The molecule has 4 nitrogen and oxygen atoms in total. The highest BCUT2D eigenvalue weighted by Gasteiger charge is 2.64. The van der Waals surface area contributed by atoms with Crippen molar-refractivity contribution in [2.75, 3.05) is 6.61 Å². The van der Waals surface area contributed by atoms with Crippen LogP contribution < -0.4 is 0 Å². The van der Waals surface area contributed by atoms with Crippen LogP contribution in [0.25, 0.3) is 4.85 Å². The third kappa shape index (κ3) is 3.65. The van der Waals surface area contributed by atoms with Gasteiger partial charge in [0.25, 0.3) is 0 Å². The maximum Gasteiger partial charge on any atom is 0.394 e. The van der Waals surface area contributed by atoms with E-state index in [0.29, 0.717) is 10.0 Å². The van der Waals surface area contributed by atoms with Crippen LogP contribution in [0.2, 0.25) is 10.0 Å². The number of carbonyl (C=O) groups excluding carboxylic acids is 2. The van der Waals surface area contributed by atoms with Crippen molar-refractivity contribution in [2.45, 2.75) is 37.1 Å². The van der Waals surface area contributed by atoms with Crippen LogP contribution >= 0.6 is 23.2 Å². The van der Waals surface area contributed by atoms with Gasteiger partial charge in [-0.25, -0.2) is 11.4 Å². The van der Waals surface area contributed by atoms with Crippen LogP contribution in [0.4, 0.5) is 0 Å². The summed E-state index contributed by atoms with van der Waals surface area (Å²) in [6.07, 6.45) is 0.208. The number of rotatable bonds is 4. The zero-order valence-electron chi connectivity index (χ0n) is 15.3. The Bertz CT molecular complexity index is 859. The van der Waals surface area contributed by atoms with E-state index in [1.54, 1.807) is 55.5 Å². The van der Waals surface area contributed by atoms with Crippen LogP contribution in [-0.2, 0) is 14.3 Å². The quantitative estimate of drug-likeness (QED) is 0.492. The zero-order chi connectivity index (χ0) is 20.3. The minimum Gasteiger partial charge on any atom is -0.460 e. The third-order valence-corrected chi connectivity index (χ3v) is 5.76. The number of hydrogen-bond donors (Lipinski definition) is 0. The lowest BCUT2D eigenvalue weighted by atomic mass is 9.61. The highest BCUT2D eigenvalue weighted by atomic mass is 35.5. The Morgan fingerprint density at radius 3 is 1.82 bits per heavy atom. The van der Waals surface area contributed by atoms with Crippen LogP contribution in [0.5, 0.6) is 0 Å². The second-order valence-electron chi connectivity index (χ2n) is 6.81. The molecule has 2 unspecified atom stereocenters. The van der Waals surface area contributed by atoms with E-state index in [1.807, 2.05) is 0 Å². The van der Waals surface area contributed by atoms with Crippen LogP contribution in [0.1, 0.15) is 42.7 Å². The van der Waals surface area contributed by atoms with Gasteiger partial charge in [-0.15, -0.1) is 0 Å². The minimum atomic E-state index is -1.54. The molecule has 144 valence electrons. The molecule has 1 saturated carbocycles. The van der Waals surface area contributed by atoms with Gasteiger partial charge in [0.1, 0.15) is 5.78 Å². The molecule has 1 fully saturated rings. The molecule has 0 saturated heterocycles. The summed E-state index contributed by atoms with van der Waals surface area (Å²) < 4.78 is 5.35. The van der Waals surface area contributed by atoms with Gasteiger partial charge in [0.05, 0.1) is 18.4 Å². The van der Waals surface area contributed by atoms with Crippen molar-refractivity contribution >= 4 is 35.0 Å². The molecule has 2 aromatic rings. The average Bonchev–Trinajstić information content (AvgIpc) is 2.69. The maximum absolute atomic E-state index is 13.2. The second-order valence-corrected chi connectivity index (χ2v) is 7.69. The van der Waals surface area contributed by atoms with E-state index in [4.69, 9.17) is 34.5 Å². The predicted octanol–water partition coefficient (Wildman–Crippen LogP) is 5.44. The fourth-order valence-corrected chi connectivity index (χ4v) is 4.21. The van der Waals surface area contributed by atoms with Gasteiger partial charge in [-0.2, -0.15) is 0 Å². The molecule has 0 radical (unpaired) electrons. The van der Waals surface area contributed by atoms with Crippen LogP contribution in [0.15, 0.2) is 48.5 Å². The molecule has 1 aliphatic carbocycles. The van der Waals surface area contributed by atoms with E-state index in [9.17, 15) is 9.59 Å². The molecule has 0 amide bonds. The Morgan fingerprint density at radius 1 is 1.04 bits per heavy atom. The molecule has 2 atom stereocenters. The van der Waals surface area contributed by atoms with Gasteiger partial charge >= 0.3 is 11.5 Å². The molecular weight excluding hydrogens is 397 g/mol. The summed E-state index contributed by atoms with van der Waals surface area (Å²) in [6.45, 7) is 9.89. The van der Waals surface area contributed by atoms with Gasteiger partial charge in [-0.05, 0) is 42.3 Å². The number of carbonyl (C=O) groups is 2. The molecule has 0 spiro atoms. The fraction of sp³-hybridized carbons (Fsp3) is 0.318. The molecule has 0 heterocycles.